The van der Waals surface area contributed by atoms with E-state index in [9.17, 15) is 0 Å². The molecule has 4 nitrogen and oxygen atoms in total. The molecule has 0 aromatic carbocycles. The highest BCUT2D eigenvalue weighted by molar-refractivity contribution is 7.09. The van der Waals surface area contributed by atoms with E-state index in [1.54, 1.807) is 11.3 Å². The summed E-state index contributed by atoms with van der Waals surface area (Å²) in [5, 5.41) is 7.55. The predicted molar refractivity (Wildman–Crippen MR) is 84.2 cm³/mol. The van der Waals surface area contributed by atoms with E-state index in [4.69, 9.17) is 0 Å². The van der Waals surface area contributed by atoms with E-state index in [0.717, 1.165) is 25.2 Å². The van der Waals surface area contributed by atoms with E-state index in [0.29, 0.717) is 0 Å². The Morgan fingerprint density at radius 1 is 1.35 bits per heavy atom. The highest BCUT2D eigenvalue weighted by Crippen LogP contribution is 2.20. The Morgan fingerprint density at radius 3 is 2.65 bits per heavy atom. The van der Waals surface area contributed by atoms with Crippen LogP contribution >= 0.6 is 11.3 Å². The van der Waals surface area contributed by atoms with Crippen LogP contribution in [0.2, 0.25) is 0 Å². The van der Waals surface area contributed by atoms with E-state index < -0.39 is 0 Å². The Kier molecular flexibility index (Phi) is 4.60. The summed E-state index contributed by atoms with van der Waals surface area (Å²) in [7, 11) is 2.15. The summed E-state index contributed by atoms with van der Waals surface area (Å²) < 4.78 is 0. The topological polar surface area (TPSA) is 44.8 Å². The fraction of sp³-hybridized carbons (Fsp3) is 0.600. The summed E-state index contributed by atoms with van der Waals surface area (Å²) in [6.45, 7) is 10.6. The number of H-pyrrole nitrogens is 1. The number of hydrogen-bond acceptors (Lipinski definition) is 4. The summed E-state index contributed by atoms with van der Waals surface area (Å²) >= 11 is 1.75. The second-order valence-corrected chi connectivity index (χ2v) is 7.32. The highest BCUT2D eigenvalue weighted by atomic mass is 32.1. The van der Waals surface area contributed by atoms with Gasteiger partial charge in [0.05, 0.1) is 16.9 Å². The molecule has 0 saturated carbocycles. The molecule has 20 heavy (non-hydrogen) atoms. The van der Waals surface area contributed by atoms with Crippen LogP contribution < -0.4 is 0 Å². The normalized spacial score (nSPS) is 12.3. The van der Waals surface area contributed by atoms with Gasteiger partial charge in [0.1, 0.15) is 0 Å². The Bertz CT molecular complexity index is 550. The third-order valence-electron chi connectivity index (χ3n) is 3.41. The fourth-order valence-corrected chi connectivity index (χ4v) is 2.83. The molecule has 5 heteroatoms. The number of nitrogens with one attached hydrogen (secondary N) is 1. The van der Waals surface area contributed by atoms with Gasteiger partial charge in [-0.3, -0.25) is 5.10 Å². The molecule has 0 amide bonds. The number of aryl methyl sites for hydroxylation is 1. The van der Waals surface area contributed by atoms with Crippen LogP contribution in [0.1, 0.15) is 42.7 Å². The van der Waals surface area contributed by atoms with Crippen molar-refractivity contribution in [1.82, 2.24) is 20.1 Å². The van der Waals surface area contributed by atoms with E-state index in [1.165, 1.54) is 16.3 Å². The molecule has 0 aliphatic rings. The molecule has 2 heterocycles. The SMILES string of the molecule is Cc1ncsc1CCN(C)Cc1cc(C(C)(C)C)n[nH]1. The largest absolute Gasteiger partial charge is 0.300 e. The number of rotatable bonds is 5. The first-order valence-electron chi connectivity index (χ1n) is 6.98. The summed E-state index contributed by atoms with van der Waals surface area (Å²) in [5.41, 5.74) is 5.50. The van der Waals surface area contributed by atoms with Gasteiger partial charge in [0, 0.05) is 29.1 Å². The Hall–Kier alpha value is -1.20. The second kappa shape index (κ2) is 6.06. The zero-order valence-electron chi connectivity index (χ0n) is 13.0. The number of hydrogen-bond donors (Lipinski definition) is 1. The quantitative estimate of drug-likeness (QED) is 0.920. The summed E-state index contributed by atoms with van der Waals surface area (Å²) in [4.78, 5) is 8.00. The Labute approximate surface area is 125 Å². The molecule has 2 rings (SSSR count). The Balaban J connectivity index is 1.87. The summed E-state index contributed by atoms with van der Waals surface area (Å²) in [6, 6.07) is 2.18. The minimum atomic E-state index is 0.104. The minimum absolute atomic E-state index is 0.104. The third kappa shape index (κ3) is 3.90. The molecule has 0 saturated heterocycles. The molecular weight excluding hydrogens is 268 g/mol. The van der Waals surface area contributed by atoms with E-state index in [-0.39, 0.29) is 5.41 Å². The zero-order valence-corrected chi connectivity index (χ0v) is 13.8. The predicted octanol–water partition coefficient (Wildman–Crippen LogP) is 3.15. The molecule has 0 bridgehead atoms. The van der Waals surface area contributed by atoms with Gasteiger partial charge in [0.2, 0.25) is 0 Å². The van der Waals surface area contributed by atoms with Crippen LogP contribution in [0.4, 0.5) is 0 Å². The lowest BCUT2D eigenvalue weighted by molar-refractivity contribution is 0.327. The van der Waals surface area contributed by atoms with Gasteiger partial charge in [-0.2, -0.15) is 5.10 Å². The summed E-state index contributed by atoms with van der Waals surface area (Å²) in [5.74, 6) is 0. The maximum atomic E-state index is 4.41. The molecule has 110 valence electrons. The first-order valence-corrected chi connectivity index (χ1v) is 7.86. The van der Waals surface area contributed by atoms with Gasteiger partial charge in [-0.05, 0) is 26.5 Å². The van der Waals surface area contributed by atoms with Gasteiger partial charge in [0.15, 0.2) is 0 Å². The standard InChI is InChI=1S/C15H24N4S/c1-11-13(20-10-16-11)6-7-19(5)9-12-8-14(18-17-12)15(2,3)4/h8,10H,6-7,9H2,1-5H3,(H,17,18). The third-order valence-corrected chi connectivity index (χ3v) is 4.40. The number of likely N-dealkylation sites (N-methyl/N-ethyl adjacent to an activating group) is 1. The number of thiazole rings is 1. The van der Waals surface area contributed by atoms with Gasteiger partial charge < -0.3 is 4.90 Å². The first kappa shape index (κ1) is 15.2. The molecule has 0 aliphatic heterocycles. The van der Waals surface area contributed by atoms with Crippen molar-refractivity contribution in [2.45, 2.75) is 46.1 Å². The molecule has 2 aromatic rings. The zero-order chi connectivity index (χ0) is 14.8. The molecule has 0 radical (unpaired) electrons. The minimum Gasteiger partial charge on any atom is -0.300 e. The lowest BCUT2D eigenvalue weighted by Crippen LogP contribution is -2.21. The molecule has 1 N–H and O–H groups in total. The van der Waals surface area contributed by atoms with E-state index >= 15 is 0 Å². The second-order valence-electron chi connectivity index (χ2n) is 6.38. The van der Waals surface area contributed by atoms with Gasteiger partial charge in [-0.1, -0.05) is 20.8 Å². The van der Waals surface area contributed by atoms with Crippen molar-refractivity contribution in [3.8, 4) is 0 Å². The van der Waals surface area contributed by atoms with Crippen LogP contribution in [0, 0.1) is 6.92 Å². The lowest BCUT2D eigenvalue weighted by Gasteiger charge is -2.15. The molecule has 0 unspecified atom stereocenters. The molecule has 0 atom stereocenters. The molecule has 2 aromatic heterocycles. The van der Waals surface area contributed by atoms with Crippen LogP contribution in [0.5, 0.6) is 0 Å². The fourth-order valence-electron chi connectivity index (χ4n) is 2.06. The van der Waals surface area contributed by atoms with Gasteiger partial charge >= 0.3 is 0 Å². The van der Waals surface area contributed by atoms with Crippen LogP contribution in [0.25, 0.3) is 0 Å². The average Bonchev–Trinajstić information content (AvgIpc) is 2.95. The first-order chi connectivity index (χ1) is 9.36. The van der Waals surface area contributed by atoms with Gasteiger partial charge in [-0.25, -0.2) is 4.98 Å². The van der Waals surface area contributed by atoms with Crippen LogP contribution in [-0.4, -0.2) is 33.7 Å². The van der Waals surface area contributed by atoms with Crippen LogP contribution in [-0.2, 0) is 18.4 Å². The average molecular weight is 292 g/mol. The van der Waals surface area contributed by atoms with E-state index in [1.807, 2.05) is 5.51 Å². The molecule has 0 aliphatic carbocycles. The number of aromatic nitrogens is 3. The van der Waals surface area contributed by atoms with Crippen molar-refractivity contribution >= 4 is 11.3 Å². The highest BCUT2D eigenvalue weighted by Gasteiger charge is 2.17. The van der Waals surface area contributed by atoms with Crippen LogP contribution in [0.15, 0.2) is 11.6 Å². The molecular formula is C15H24N4S. The maximum absolute atomic E-state index is 4.41. The Morgan fingerprint density at radius 2 is 2.10 bits per heavy atom. The van der Waals surface area contributed by atoms with Crippen molar-refractivity contribution in [2.75, 3.05) is 13.6 Å². The van der Waals surface area contributed by atoms with Crippen molar-refractivity contribution in [1.29, 1.82) is 0 Å². The summed E-state index contributed by atoms with van der Waals surface area (Å²) in [6.07, 6.45) is 1.06. The van der Waals surface area contributed by atoms with Crippen molar-refractivity contribution < 1.29 is 0 Å². The van der Waals surface area contributed by atoms with Crippen LogP contribution in [0.3, 0.4) is 0 Å². The maximum Gasteiger partial charge on any atom is 0.0797 e. The van der Waals surface area contributed by atoms with Crippen molar-refractivity contribution in [2.24, 2.45) is 0 Å². The van der Waals surface area contributed by atoms with E-state index in [2.05, 4.69) is 60.9 Å². The monoisotopic (exact) mass is 292 g/mol. The lowest BCUT2D eigenvalue weighted by atomic mass is 9.92. The number of nitrogens with zero attached hydrogens (tertiary/aromatic N) is 3. The van der Waals surface area contributed by atoms with Gasteiger partial charge in [0.25, 0.3) is 0 Å². The number of aromatic amines is 1. The molecule has 0 fully saturated rings. The van der Waals surface area contributed by atoms with Crippen molar-refractivity contribution in [3.63, 3.8) is 0 Å². The smallest absolute Gasteiger partial charge is 0.0797 e. The molecule has 0 spiro atoms. The van der Waals surface area contributed by atoms with Gasteiger partial charge in [-0.15, -0.1) is 11.3 Å². The van der Waals surface area contributed by atoms with Crippen molar-refractivity contribution in [3.05, 3.63) is 33.5 Å².